The Kier molecular flexibility index (Phi) is 4.61. The Hall–Kier alpha value is -3.36. The number of ether oxygens (including phenoxy) is 2. The Morgan fingerprint density at radius 2 is 1.81 bits per heavy atom. The molecule has 26 heavy (non-hydrogen) atoms. The van der Waals surface area contributed by atoms with Crippen molar-refractivity contribution in [1.29, 1.82) is 0 Å². The third-order valence-electron chi connectivity index (χ3n) is 3.30. The largest absolute Gasteiger partial charge is 0.497 e. The van der Waals surface area contributed by atoms with E-state index in [1.807, 2.05) is 0 Å². The van der Waals surface area contributed by atoms with E-state index in [1.54, 1.807) is 18.2 Å². The first-order valence-corrected chi connectivity index (χ1v) is 7.24. The number of nitrogens with zero attached hydrogens (tertiary/aromatic N) is 2. The van der Waals surface area contributed by atoms with Gasteiger partial charge in [0.15, 0.2) is 0 Å². The molecule has 0 saturated heterocycles. The Labute approximate surface area is 145 Å². The predicted molar refractivity (Wildman–Crippen MR) is 82.7 cm³/mol. The van der Waals surface area contributed by atoms with Crippen molar-refractivity contribution >= 4 is 5.97 Å². The molecule has 0 aliphatic heterocycles. The standard InChI is InChI=1S/C17H11F3N2O4/c1-24-13-4-2-3-11(9-13)15(23)25-12-7-5-10(6-8-12)14-21-16(26-22-14)17(18,19)20/h2-9H,1H3. The van der Waals surface area contributed by atoms with Crippen LogP contribution in [0.15, 0.2) is 53.1 Å². The number of rotatable bonds is 4. The highest BCUT2D eigenvalue weighted by Gasteiger charge is 2.38. The van der Waals surface area contributed by atoms with Crippen LogP contribution >= 0.6 is 0 Å². The zero-order valence-electron chi connectivity index (χ0n) is 13.3. The van der Waals surface area contributed by atoms with Crippen LogP contribution in [0.1, 0.15) is 16.2 Å². The number of alkyl halides is 3. The maximum atomic E-state index is 12.5. The summed E-state index contributed by atoms with van der Waals surface area (Å²) in [4.78, 5) is 15.4. The van der Waals surface area contributed by atoms with Crippen molar-refractivity contribution in [2.24, 2.45) is 0 Å². The molecule has 3 aromatic rings. The van der Waals surface area contributed by atoms with Crippen LogP contribution in [0.4, 0.5) is 13.2 Å². The number of esters is 1. The summed E-state index contributed by atoms with van der Waals surface area (Å²) < 4.78 is 51.9. The van der Waals surface area contributed by atoms with Crippen molar-refractivity contribution in [3.63, 3.8) is 0 Å². The van der Waals surface area contributed by atoms with Gasteiger partial charge in [0.05, 0.1) is 12.7 Å². The van der Waals surface area contributed by atoms with Gasteiger partial charge in [-0.15, -0.1) is 0 Å². The molecule has 134 valence electrons. The van der Waals surface area contributed by atoms with Crippen LogP contribution < -0.4 is 9.47 Å². The van der Waals surface area contributed by atoms with E-state index in [0.717, 1.165) is 0 Å². The fraction of sp³-hybridized carbons (Fsp3) is 0.118. The molecule has 0 unspecified atom stereocenters. The minimum absolute atomic E-state index is 0.209. The molecule has 0 spiro atoms. The summed E-state index contributed by atoms with van der Waals surface area (Å²) in [6, 6.07) is 12.1. The van der Waals surface area contributed by atoms with Gasteiger partial charge in [-0.1, -0.05) is 11.2 Å². The van der Waals surface area contributed by atoms with Gasteiger partial charge in [0.1, 0.15) is 11.5 Å². The summed E-state index contributed by atoms with van der Waals surface area (Å²) >= 11 is 0. The van der Waals surface area contributed by atoms with E-state index in [-0.39, 0.29) is 17.1 Å². The van der Waals surface area contributed by atoms with E-state index in [4.69, 9.17) is 9.47 Å². The molecule has 0 amide bonds. The average molecular weight is 364 g/mol. The molecule has 1 aromatic heterocycles. The predicted octanol–water partition coefficient (Wildman–Crippen LogP) is 3.98. The van der Waals surface area contributed by atoms with E-state index < -0.39 is 18.0 Å². The molecule has 0 radical (unpaired) electrons. The van der Waals surface area contributed by atoms with Crippen LogP contribution in [0.25, 0.3) is 11.4 Å². The minimum atomic E-state index is -4.71. The Morgan fingerprint density at radius 1 is 1.08 bits per heavy atom. The molecular weight excluding hydrogens is 353 g/mol. The molecule has 3 rings (SSSR count). The zero-order valence-corrected chi connectivity index (χ0v) is 13.3. The molecule has 6 nitrogen and oxygen atoms in total. The minimum Gasteiger partial charge on any atom is -0.497 e. The summed E-state index contributed by atoms with van der Waals surface area (Å²) in [5.41, 5.74) is 0.576. The Balaban J connectivity index is 1.73. The van der Waals surface area contributed by atoms with Gasteiger partial charge >= 0.3 is 18.0 Å². The van der Waals surface area contributed by atoms with Crippen molar-refractivity contribution in [3.8, 4) is 22.9 Å². The molecular formula is C17H11F3N2O4. The SMILES string of the molecule is COc1cccc(C(=O)Oc2ccc(-c3noc(C(F)(F)F)n3)cc2)c1. The van der Waals surface area contributed by atoms with E-state index >= 15 is 0 Å². The highest BCUT2D eigenvalue weighted by molar-refractivity contribution is 5.91. The number of hydrogen-bond acceptors (Lipinski definition) is 6. The first kappa shape index (κ1) is 17.5. The summed E-state index contributed by atoms with van der Waals surface area (Å²) in [5.74, 6) is -1.53. The maximum Gasteiger partial charge on any atom is 0.471 e. The van der Waals surface area contributed by atoms with E-state index in [0.29, 0.717) is 11.3 Å². The lowest BCUT2D eigenvalue weighted by molar-refractivity contribution is -0.159. The van der Waals surface area contributed by atoms with Gasteiger partial charge < -0.3 is 14.0 Å². The number of halogens is 3. The van der Waals surface area contributed by atoms with Crippen LogP contribution in [0, 0.1) is 0 Å². The van der Waals surface area contributed by atoms with Gasteiger partial charge in [-0.3, -0.25) is 0 Å². The topological polar surface area (TPSA) is 74.5 Å². The van der Waals surface area contributed by atoms with Gasteiger partial charge in [0.2, 0.25) is 5.82 Å². The monoisotopic (exact) mass is 364 g/mol. The summed E-state index contributed by atoms with van der Waals surface area (Å²) in [5, 5.41) is 3.28. The van der Waals surface area contributed by atoms with Gasteiger partial charge in [-0.25, -0.2) is 4.79 Å². The first-order chi connectivity index (χ1) is 12.4. The molecule has 0 bridgehead atoms. The molecule has 0 aliphatic rings. The van der Waals surface area contributed by atoms with Gasteiger partial charge in [0, 0.05) is 5.56 Å². The summed E-state index contributed by atoms with van der Waals surface area (Å²) in [7, 11) is 1.48. The molecule has 1 heterocycles. The van der Waals surface area contributed by atoms with Crippen LogP contribution in [-0.2, 0) is 6.18 Å². The van der Waals surface area contributed by atoms with Crippen LogP contribution in [-0.4, -0.2) is 23.2 Å². The highest BCUT2D eigenvalue weighted by Crippen LogP contribution is 2.29. The second-order valence-corrected chi connectivity index (χ2v) is 5.07. The average Bonchev–Trinajstić information content (AvgIpc) is 3.13. The molecule has 0 atom stereocenters. The van der Waals surface area contributed by atoms with Crippen LogP contribution in [0.3, 0.4) is 0 Å². The molecule has 2 aromatic carbocycles. The van der Waals surface area contributed by atoms with Crippen LogP contribution in [0.2, 0.25) is 0 Å². The number of methoxy groups -OCH3 is 1. The lowest BCUT2D eigenvalue weighted by Gasteiger charge is -2.06. The lowest BCUT2D eigenvalue weighted by atomic mass is 10.2. The van der Waals surface area contributed by atoms with E-state index in [9.17, 15) is 18.0 Å². The fourth-order valence-electron chi connectivity index (χ4n) is 2.04. The third kappa shape index (κ3) is 3.82. The van der Waals surface area contributed by atoms with Crippen molar-refractivity contribution in [3.05, 3.63) is 60.0 Å². The van der Waals surface area contributed by atoms with E-state index in [1.165, 1.54) is 37.4 Å². The van der Waals surface area contributed by atoms with Gasteiger partial charge in [-0.05, 0) is 42.5 Å². The normalized spacial score (nSPS) is 11.2. The first-order valence-electron chi connectivity index (χ1n) is 7.24. The van der Waals surface area contributed by atoms with Crippen molar-refractivity contribution in [1.82, 2.24) is 10.1 Å². The molecule has 0 saturated carbocycles. The van der Waals surface area contributed by atoms with Gasteiger partial charge in [0.25, 0.3) is 0 Å². The maximum absolute atomic E-state index is 12.5. The number of benzene rings is 2. The molecule has 9 heteroatoms. The Bertz CT molecular complexity index is 920. The lowest BCUT2D eigenvalue weighted by Crippen LogP contribution is -2.08. The second kappa shape index (κ2) is 6.87. The van der Waals surface area contributed by atoms with Gasteiger partial charge in [-0.2, -0.15) is 18.2 Å². The van der Waals surface area contributed by atoms with Crippen LogP contribution in [0.5, 0.6) is 11.5 Å². The van der Waals surface area contributed by atoms with Crippen molar-refractivity contribution in [2.45, 2.75) is 6.18 Å². The molecule has 0 aliphatic carbocycles. The summed E-state index contributed by atoms with van der Waals surface area (Å²) in [6.07, 6.45) is -4.71. The quantitative estimate of drug-likeness (QED) is 0.515. The number of aromatic nitrogens is 2. The zero-order chi connectivity index (χ0) is 18.7. The van der Waals surface area contributed by atoms with E-state index in [2.05, 4.69) is 14.7 Å². The highest BCUT2D eigenvalue weighted by atomic mass is 19.4. The number of carbonyl (C=O) groups is 1. The van der Waals surface area contributed by atoms with Crippen molar-refractivity contribution < 1.29 is 32.0 Å². The second-order valence-electron chi connectivity index (χ2n) is 5.07. The summed E-state index contributed by atoms with van der Waals surface area (Å²) in [6.45, 7) is 0. The third-order valence-corrected chi connectivity index (χ3v) is 3.30. The fourth-order valence-corrected chi connectivity index (χ4v) is 2.04. The number of hydrogen-bond donors (Lipinski definition) is 0. The van der Waals surface area contributed by atoms with Crippen molar-refractivity contribution in [2.75, 3.05) is 7.11 Å². The smallest absolute Gasteiger partial charge is 0.471 e. The molecule has 0 fully saturated rings. The Morgan fingerprint density at radius 3 is 2.42 bits per heavy atom. The number of carbonyl (C=O) groups excluding carboxylic acids is 1. The molecule has 0 N–H and O–H groups in total.